The van der Waals surface area contributed by atoms with E-state index < -0.39 is 0 Å². The lowest BCUT2D eigenvalue weighted by Gasteiger charge is -2.57. The molecule has 0 aliphatic heterocycles. The molecule has 1 aromatic heterocycles. The van der Waals surface area contributed by atoms with E-state index in [-0.39, 0.29) is 23.7 Å². The van der Waals surface area contributed by atoms with Crippen molar-refractivity contribution in [2.24, 2.45) is 11.1 Å². The van der Waals surface area contributed by atoms with Crippen molar-refractivity contribution in [2.75, 3.05) is 13.2 Å². The van der Waals surface area contributed by atoms with Crippen LogP contribution in [0.15, 0.2) is 16.7 Å². The molecule has 142 valence electrons. The largest absolute Gasteiger partial charge is 0.467 e. The van der Waals surface area contributed by atoms with Crippen LogP contribution < -0.4 is 5.73 Å². The van der Waals surface area contributed by atoms with E-state index in [9.17, 15) is 4.79 Å². The predicted octanol–water partition coefficient (Wildman–Crippen LogP) is 3.75. The Bertz CT molecular complexity index is 569. The summed E-state index contributed by atoms with van der Waals surface area (Å²) in [7, 11) is 0. The van der Waals surface area contributed by atoms with Crippen LogP contribution in [0.3, 0.4) is 0 Å². The van der Waals surface area contributed by atoms with Gasteiger partial charge in [0.15, 0.2) is 0 Å². The minimum atomic E-state index is 0. The number of halogens is 1. The molecule has 0 aromatic carbocycles. The topological polar surface area (TPSA) is 68.7 Å². The maximum atomic E-state index is 13.1. The highest BCUT2D eigenvalue weighted by atomic mass is 35.5. The molecule has 3 rings (SSSR count). The zero-order valence-electron chi connectivity index (χ0n) is 15.3. The Hall–Kier alpha value is -1.04. The maximum Gasteiger partial charge on any atom is 0.257 e. The predicted molar refractivity (Wildman–Crippen MR) is 99.9 cm³/mol. The number of ether oxygens (including phenoxy) is 1. The van der Waals surface area contributed by atoms with Crippen LogP contribution in [0.2, 0.25) is 0 Å². The summed E-state index contributed by atoms with van der Waals surface area (Å²) in [5.74, 6) is 0.734. The fraction of sp³-hybridized carbons (Fsp3) is 0.737. The number of hydrogen-bond donors (Lipinski definition) is 1. The van der Waals surface area contributed by atoms with Gasteiger partial charge in [0.25, 0.3) is 5.91 Å². The van der Waals surface area contributed by atoms with Crippen LogP contribution in [0, 0.1) is 5.41 Å². The van der Waals surface area contributed by atoms with E-state index in [0.717, 1.165) is 26.0 Å². The van der Waals surface area contributed by atoms with Gasteiger partial charge in [-0.25, -0.2) is 0 Å². The third-order valence-electron chi connectivity index (χ3n) is 5.85. The average Bonchev–Trinajstić information content (AvgIpc) is 3.26. The van der Waals surface area contributed by atoms with Gasteiger partial charge in [-0.05, 0) is 38.7 Å². The number of rotatable bonds is 7. The second-order valence-corrected chi connectivity index (χ2v) is 7.14. The molecule has 1 aromatic rings. The first kappa shape index (κ1) is 20.3. The van der Waals surface area contributed by atoms with Crippen molar-refractivity contribution in [3.63, 3.8) is 0 Å². The van der Waals surface area contributed by atoms with Gasteiger partial charge < -0.3 is 19.8 Å². The van der Waals surface area contributed by atoms with Gasteiger partial charge in [0.1, 0.15) is 12.0 Å². The van der Waals surface area contributed by atoms with Crippen molar-refractivity contribution in [3.05, 3.63) is 23.7 Å². The van der Waals surface area contributed by atoms with Gasteiger partial charge in [-0.2, -0.15) is 0 Å². The van der Waals surface area contributed by atoms with E-state index in [4.69, 9.17) is 14.9 Å². The fourth-order valence-electron chi connectivity index (χ4n) is 4.69. The van der Waals surface area contributed by atoms with Crippen molar-refractivity contribution in [1.82, 2.24) is 4.90 Å². The van der Waals surface area contributed by atoms with Crippen molar-refractivity contribution in [1.29, 1.82) is 0 Å². The molecule has 0 bridgehead atoms. The Morgan fingerprint density at radius 3 is 2.68 bits per heavy atom. The molecule has 5 nitrogen and oxygen atoms in total. The Labute approximate surface area is 156 Å². The summed E-state index contributed by atoms with van der Waals surface area (Å²) >= 11 is 0. The summed E-state index contributed by atoms with van der Waals surface area (Å²) in [4.78, 5) is 15.2. The number of nitrogens with two attached hydrogens (primary N) is 1. The average molecular weight is 371 g/mol. The molecule has 2 unspecified atom stereocenters. The molecule has 2 saturated carbocycles. The fourth-order valence-corrected chi connectivity index (χ4v) is 4.69. The van der Waals surface area contributed by atoms with Gasteiger partial charge in [0.05, 0.1) is 18.2 Å². The normalized spacial score (nSPS) is 24.0. The summed E-state index contributed by atoms with van der Waals surface area (Å²) in [5, 5.41) is 0. The van der Waals surface area contributed by atoms with Crippen molar-refractivity contribution >= 4 is 18.3 Å². The molecule has 1 heterocycles. The Kier molecular flexibility index (Phi) is 6.94. The molecular formula is C19H31ClN2O3. The maximum absolute atomic E-state index is 13.1. The lowest BCUT2D eigenvalue weighted by molar-refractivity contribution is -0.156. The van der Waals surface area contributed by atoms with Crippen LogP contribution in [0.25, 0.3) is 0 Å². The van der Waals surface area contributed by atoms with Gasteiger partial charge >= 0.3 is 0 Å². The van der Waals surface area contributed by atoms with Gasteiger partial charge in [-0.1, -0.05) is 19.8 Å². The number of nitrogens with zero attached hydrogens (tertiary/aromatic N) is 1. The van der Waals surface area contributed by atoms with Gasteiger partial charge in [0, 0.05) is 24.6 Å². The molecule has 2 aliphatic rings. The van der Waals surface area contributed by atoms with E-state index in [1.165, 1.54) is 25.7 Å². The van der Waals surface area contributed by atoms with E-state index in [0.29, 0.717) is 30.0 Å². The van der Waals surface area contributed by atoms with Crippen LogP contribution in [0.1, 0.15) is 68.5 Å². The molecule has 25 heavy (non-hydrogen) atoms. The highest BCUT2D eigenvalue weighted by Crippen LogP contribution is 2.56. The highest BCUT2D eigenvalue weighted by Gasteiger charge is 2.59. The molecule has 0 saturated heterocycles. The van der Waals surface area contributed by atoms with E-state index in [1.54, 1.807) is 12.3 Å². The SMILES string of the molecule is CCCN(C(=O)c1coc(CN)c1)C1CC(OCC)C12CCCC2.Cl. The second kappa shape index (κ2) is 8.56. The monoisotopic (exact) mass is 370 g/mol. The van der Waals surface area contributed by atoms with Gasteiger partial charge in [0.2, 0.25) is 0 Å². The molecule has 2 atom stereocenters. The van der Waals surface area contributed by atoms with Gasteiger partial charge in [-0.3, -0.25) is 4.79 Å². The number of furan rings is 1. The van der Waals surface area contributed by atoms with Crippen LogP contribution in [0.5, 0.6) is 0 Å². The van der Waals surface area contributed by atoms with Crippen LogP contribution in [0.4, 0.5) is 0 Å². The molecule has 0 radical (unpaired) electrons. The van der Waals surface area contributed by atoms with Gasteiger partial charge in [-0.15, -0.1) is 12.4 Å². The minimum Gasteiger partial charge on any atom is -0.467 e. The first-order valence-electron chi connectivity index (χ1n) is 9.36. The van der Waals surface area contributed by atoms with Crippen LogP contribution in [-0.4, -0.2) is 36.1 Å². The van der Waals surface area contributed by atoms with E-state index >= 15 is 0 Å². The Morgan fingerprint density at radius 1 is 1.40 bits per heavy atom. The van der Waals surface area contributed by atoms with E-state index in [2.05, 4.69) is 18.7 Å². The summed E-state index contributed by atoms with van der Waals surface area (Å²) in [5.41, 5.74) is 6.40. The molecule has 6 heteroatoms. The molecule has 2 N–H and O–H groups in total. The summed E-state index contributed by atoms with van der Waals surface area (Å²) in [6, 6.07) is 2.07. The quantitative estimate of drug-likeness (QED) is 0.793. The minimum absolute atomic E-state index is 0. The van der Waals surface area contributed by atoms with Crippen LogP contribution >= 0.6 is 12.4 Å². The van der Waals surface area contributed by atoms with Crippen molar-refractivity contribution in [3.8, 4) is 0 Å². The molecular weight excluding hydrogens is 340 g/mol. The zero-order chi connectivity index (χ0) is 17.2. The lowest BCUT2D eigenvalue weighted by atomic mass is 9.59. The van der Waals surface area contributed by atoms with Crippen molar-refractivity contribution < 1.29 is 13.9 Å². The molecule has 1 amide bonds. The van der Waals surface area contributed by atoms with Crippen molar-refractivity contribution in [2.45, 2.75) is 71.1 Å². The Balaban J connectivity index is 0.00000225. The molecule has 1 spiro atoms. The number of carbonyl (C=O) groups is 1. The zero-order valence-corrected chi connectivity index (χ0v) is 16.1. The summed E-state index contributed by atoms with van der Waals surface area (Å²) in [6.45, 7) is 6.04. The molecule has 2 fully saturated rings. The summed E-state index contributed by atoms with van der Waals surface area (Å²) in [6.07, 6.45) is 8.62. The highest BCUT2D eigenvalue weighted by molar-refractivity contribution is 5.94. The number of carbonyl (C=O) groups excluding carboxylic acids is 1. The van der Waals surface area contributed by atoms with E-state index in [1.807, 2.05) is 0 Å². The smallest absolute Gasteiger partial charge is 0.257 e. The first-order chi connectivity index (χ1) is 11.7. The summed E-state index contributed by atoms with van der Waals surface area (Å²) < 4.78 is 11.4. The lowest BCUT2D eigenvalue weighted by Crippen LogP contribution is -2.65. The third kappa shape index (κ3) is 3.60. The first-order valence-corrected chi connectivity index (χ1v) is 9.36. The number of hydrogen-bond acceptors (Lipinski definition) is 4. The van der Waals surface area contributed by atoms with Crippen LogP contribution in [-0.2, 0) is 11.3 Å². The Morgan fingerprint density at radius 2 is 2.12 bits per heavy atom. The molecule has 2 aliphatic carbocycles. The second-order valence-electron chi connectivity index (χ2n) is 7.14. The third-order valence-corrected chi connectivity index (χ3v) is 5.85. The standard InChI is InChI=1S/C19H30N2O3.ClH/c1-3-9-21(18(22)14-10-15(12-20)24-13-14)16-11-17(23-4-2)19(16)7-5-6-8-19;/h10,13,16-17H,3-9,11-12,20H2,1-2H3;1H. The number of amides is 1.